The van der Waals surface area contributed by atoms with Gasteiger partial charge in [0.1, 0.15) is 5.82 Å². The molecule has 1 aliphatic rings. The van der Waals surface area contributed by atoms with Crippen molar-refractivity contribution in [2.45, 2.75) is 44.2 Å². The van der Waals surface area contributed by atoms with E-state index in [9.17, 15) is 0 Å². The Balaban J connectivity index is 2.07. The van der Waals surface area contributed by atoms with Crippen LogP contribution in [0.1, 0.15) is 37.9 Å². The van der Waals surface area contributed by atoms with Crippen LogP contribution < -0.4 is 0 Å². The summed E-state index contributed by atoms with van der Waals surface area (Å²) in [5, 5.41) is -0.0996. The molecule has 1 aromatic carbocycles. The molecule has 3 nitrogen and oxygen atoms in total. The number of hydrogen-bond acceptors (Lipinski definition) is 2. The predicted molar refractivity (Wildman–Crippen MR) is 77.6 cm³/mol. The summed E-state index contributed by atoms with van der Waals surface area (Å²) in [6.45, 7) is 5.82. The second kappa shape index (κ2) is 4.80. The Morgan fingerprint density at radius 3 is 2.95 bits per heavy atom. The first-order valence-corrected chi connectivity index (χ1v) is 7.26. The molecule has 2 unspecified atom stereocenters. The van der Waals surface area contributed by atoms with Gasteiger partial charge in [0, 0.05) is 6.61 Å². The van der Waals surface area contributed by atoms with Crippen LogP contribution in [-0.4, -0.2) is 21.8 Å². The normalized spacial score (nSPS) is 25.0. The fourth-order valence-electron chi connectivity index (χ4n) is 2.86. The standard InChI is InChI=1S/C15H19ClN2O/c1-11(16)14-17-12-6-3-4-7-13(12)18(14)10-15(2)8-5-9-19-15/h3-4,6-7,11H,5,8-10H2,1-2H3. The first-order valence-electron chi connectivity index (χ1n) is 6.82. The Hall–Kier alpha value is -1.06. The lowest BCUT2D eigenvalue weighted by molar-refractivity contribution is 0.00649. The smallest absolute Gasteiger partial charge is 0.127 e. The predicted octanol–water partition coefficient (Wildman–Crippen LogP) is 3.91. The zero-order valence-corrected chi connectivity index (χ0v) is 12.2. The van der Waals surface area contributed by atoms with E-state index in [2.05, 4.69) is 22.5 Å². The average Bonchev–Trinajstić information content (AvgIpc) is 2.95. The minimum Gasteiger partial charge on any atom is -0.373 e. The van der Waals surface area contributed by atoms with E-state index in [1.165, 1.54) is 0 Å². The Morgan fingerprint density at radius 1 is 1.47 bits per heavy atom. The van der Waals surface area contributed by atoms with Crippen LogP contribution in [0.5, 0.6) is 0 Å². The monoisotopic (exact) mass is 278 g/mol. The van der Waals surface area contributed by atoms with Gasteiger partial charge in [-0.2, -0.15) is 0 Å². The van der Waals surface area contributed by atoms with Crippen LogP contribution in [0.4, 0.5) is 0 Å². The van der Waals surface area contributed by atoms with Gasteiger partial charge >= 0.3 is 0 Å². The number of hydrogen-bond donors (Lipinski definition) is 0. The molecule has 2 aromatic rings. The maximum atomic E-state index is 6.29. The molecule has 3 rings (SSSR count). The number of imidazole rings is 1. The highest BCUT2D eigenvalue weighted by Gasteiger charge is 2.32. The van der Waals surface area contributed by atoms with E-state index in [1.54, 1.807) is 0 Å². The van der Waals surface area contributed by atoms with Crippen LogP contribution in [0.25, 0.3) is 11.0 Å². The lowest BCUT2D eigenvalue weighted by Crippen LogP contribution is -2.30. The summed E-state index contributed by atoms with van der Waals surface area (Å²) in [5.74, 6) is 0.930. The Morgan fingerprint density at radius 2 is 2.26 bits per heavy atom. The summed E-state index contributed by atoms with van der Waals surface area (Å²) in [4.78, 5) is 4.66. The van der Waals surface area contributed by atoms with E-state index >= 15 is 0 Å². The molecule has 0 radical (unpaired) electrons. The molecular weight excluding hydrogens is 260 g/mol. The summed E-state index contributed by atoms with van der Waals surface area (Å²) in [7, 11) is 0. The maximum Gasteiger partial charge on any atom is 0.127 e. The van der Waals surface area contributed by atoms with Crippen LogP contribution in [0.3, 0.4) is 0 Å². The van der Waals surface area contributed by atoms with Gasteiger partial charge in [-0.3, -0.25) is 0 Å². The fourth-order valence-corrected chi connectivity index (χ4v) is 3.03. The van der Waals surface area contributed by atoms with Crippen LogP contribution in [0, 0.1) is 0 Å². The molecule has 1 fully saturated rings. The van der Waals surface area contributed by atoms with Crippen molar-refractivity contribution in [2.24, 2.45) is 0 Å². The molecule has 4 heteroatoms. The van der Waals surface area contributed by atoms with Gasteiger partial charge in [-0.15, -0.1) is 11.6 Å². The number of benzene rings is 1. The number of aromatic nitrogens is 2. The van der Waals surface area contributed by atoms with E-state index in [1.807, 2.05) is 25.1 Å². The van der Waals surface area contributed by atoms with Crippen molar-refractivity contribution in [3.63, 3.8) is 0 Å². The lowest BCUT2D eigenvalue weighted by Gasteiger charge is -2.25. The van der Waals surface area contributed by atoms with Crippen molar-refractivity contribution in [2.75, 3.05) is 6.61 Å². The van der Waals surface area contributed by atoms with Crippen molar-refractivity contribution in [3.05, 3.63) is 30.1 Å². The number of alkyl halides is 1. The molecule has 0 saturated carbocycles. The number of fused-ring (bicyclic) bond motifs is 1. The van der Waals surface area contributed by atoms with E-state index < -0.39 is 0 Å². The fraction of sp³-hybridized carbons (Fsp3) is 0.533. The summed E-state index contributed by atoms with van der Waals surface area (Å²) >= 11 is 6.29. The van der Waals surface area contributed by atoms with Crippen LogP contribution >= 0.6 is 11.6 Å². The van der Waals surface area contributed by atoms with Crippen LogP contribution in [-0.2, 0) is 11.3 Å². The highest BCUT2D eigenvalue weighted by molar-refractivity contribution is 6.20. The third-order valence-electron chi connectivity index (χ3n) is 3.83. The number of ether oxygens (including phenoxy) is 1. The van der Waals surface area contributed by atoms with Gasteiger partial charge in [0.2, 0.25) is 0 Å². The molecule has 1 saturated heterocycles. The van der Waals surface area contributed by atoms with Gasteiger partial charge in [-0.25, -0.2) is 4.98 Å². The molecule has 0 aliphatic carbocycles. The van der Waals surface area contributed by atoms with Gasteiger partial charge in [-0.05, 0) is 38.8 Å². The maximum absolute atomic E-state index is 6.29. The van der Waals surface area contributed by atoms with Crippen LogP contribution in [0.2, 0.25) is 0 Å². The zero-order valence-electron chi connectivity index (χ0n) is 11.4. The lowest BCUT2D eigenvalue weighted by atomic mass is 10.0. The number of halogens is 1. The molecule has 102 valence electrons. The number of para-hydroxylation sites is 2. The van der Waals surface area contributed by atoms with Gasteiger partial charge < -0.3 is 9.30 Å². The third kappa shape index (κ3) is 2.37. The molecule has 0 amide bonds. The first kappa shape index (κ1) is 12.9. The summed E-state index contributed by atoms with van der Waals surface area (Å²) < 4.78 is 8.13. The molecule has 2 atom stereocenters. The molecular formula is C15H19ClN2O. The number of nitrogens with zero attached hydrogens (tertiary/aromatic N) is 2. The average molecular weight is 279 g/mol. The summed E-state index contributed by atoms with van der Waals surface area (Å²) in [6, 6.07) is 8.19. The Kier molecular flexibility index (Phi) is 3.27. The van der Waals surface area contributed by atoms with Gasteiger partial charge in [0.25, 0.3) is 0 Å². The molecule has 19 heavy (non-hydrogen) atoms. The van der Waals surface area contributed by atoms with E-state index in [4.69, 9.17) is 16.3 Å². The minimum absolute atomic E-state index is 0.0933. The highest BCUT2D eigenvalue weighted by Crippen LogP contribution is 2.31. The van der Waals surface area contributed by atoms with Gasteiger partial charge in [0.05, 0.1) is 28.6 Å². The quantitative estimate of drug-likeness (QED) is 0.796. The van der Waals surface area contributed by atoms with Crippen molar-refractivity contribution >= 4 is 22.6 Å². The SMILES string of the molecule is CC(Cl)c1nc2ccccc2n1CC1(C)CCCO1. The summed E-state index contributed by atoms with van der Waals surface area (Å²) in [5.41, 5.74) is 2.05. The zero-order chi connectivity index (χ0) is 13.5. The topological polar surface area (TPSA) is 27.1 Å². The molecule has 0 N–H and O–H groups in total. The number of rotatable bonds is 3. The van der Waals surface area contributed by atoms with Crippen molar-refractivity contribution in [1.82, 2.24) is 9.55 Å². The second-order valence-corrected chi connectivity index (χ2v) is 6.22. The Labute approximate surface area is 118 Å². The van der Waals surface area contributed by atoms with Crippen molar-refractivity contribution in [1.29, 1.82) is 0 Å². The van der Waals surface area contributed by atoms with E-state index in [0.29, 0.717) is 0 Å². The van der Waals surface area contributed by atoms with Crippen LogP contribution in [0.15, 0.2) is 24.3 Å². The van der Waals surface area contributed by atoms with Crippen molar-refractivity contribution < 1.29 is 4.74 Å². The minimum atomic E-state index is -0.0996. The van der Waals surface area contributed by atoms with Crippen molar-refractivity contribution in [3.8, 4) is 0 Å². The van der Waals surface area contributed by atoms with Gasteiger partial charge in [-0.1, -0.05) is 12.1 Å². The first-order chi connectivity index (χ1) is 9.09. The second-order valence-electron chi connectivity index (χ2n) is 5.56. The summed E-state index contributed by atoms with van der Waals surface area (Å²) in [6.07, 6.45) is 2.23. The molecule has 2 heterocycles. The third-order valence-corrected chi connectivity index (χ3v) is 4.03. The molecule has 0 bridgehead atoms. The Bertz CT molecular complexity index is 585. The molecule has 1 aromatic heterocycles. The van der Waals surface area contributed by atoms with Gasteiger partial charge in [0.15, 0.2) is 0 Å². The molecule has 0 spiro atoms. The van der Waals surface area contributed by atoms with E-state index in [0.717, 1.165) is 42.9 Å². The highest BCUT2D eigenvalue weighted by atomic mass is 35.5. The largest absolute Gasteiger partial charge is 0.373 e. The van der Waals surface area contributed by atoms with E-state index in [-0.39, 0.29) is 11.0 Å². The molecule has 1 aliphatic heterocycles.